The lowest BCUT2D eigenvalue weighted by Crippen LogP contribution is -2.23. The third kappa shape index (κ3) is 4.44. The zero-order chi connectivity index (χ0) is 16.9. The van der Waals surface area contributed by atoms with Crippen LogP contribution in [0.4, 0.5) is 11.6 Å². The third-order valence-electron chi connectivity index (χ3n) is 3.69. The molecule has 0 spiro atoms. The van der Waals surface area contributed by atoms with E-state index in [1.54, 1.807) is 6.07 Å². The summed E-state index contributed by atoms with van der Waals surface area (Å²) in [6.45, 7) is 3.74. The average molecular weight is 391 g/mol. The first-order valence-electron chi connectivity index (χ1n) is 7.89. The van der Waals surface area contributed by atoms with E-state index < -0.39 is 0 Å². The lowest BCUT2D eigenvalue weighted by atomic mass is 10.3. The van der Waals surface area contributed by atoms with E-state index in [-0.39, 0.29) is 12.5 Å². The fourth-order valence-corrected chi connectivity index (χ4v) is 2.79. The predicted molar refractivity (Wildman–Crippen MR) is 96.5 cm³/mol. The van der Waals surface area contributed by atoms with Gasteiger partial charge in [-0.15, -0.1) is 0 Å². The third-order valence-corrected chi connectivity index (χ3v) is 4.22. The van der Waals surface area contributed by atoms with Gasteiger partial charge in [-0.2, -0.15) is 4.98 Å². The first-order valence-corrected chi connectivity index (χ1v) is 8.68. The number of nitrogens with one attached hydrogen (secondary N) is 1. The summed E-state index contributed by atoms with van der Waals surface area (Å²) in [6.07, 6.45) is 2.31. The minimum atomic E-state index is -0.226. The molecule has 0 unspecified atom stereocenters. The van der Waals surface area contributed by atoms with Crippen molar-refractivity contribution in [2.45, 2.75) is 19.8 Å². The van der Waals surface area contributed by atoms with Crippen molar-refractivity contribution in [1.29, 1.82) is 0 Å². The topological polar surface area (TPSA) is 67.3 Å². The average Bonchev–Trinajstić information content (AvgIpc) is 3.09. The Kier molecular flexibility index (Phi) is 5.30. The smallest absolute Gasteiger partial charge is 0.262 e. The molecule has 1 saturated heterocycles. The number of carbonyl (C=O) groups excluding carboxylic acids is 1. The molecule has 1 fully saturated rings. The molecule has 0 atom stereocenters. The Labute approximate surface area is 149 Å². The van der Waals surface area contributed by atoms with E-state index in [1.807, 2.05) is 31.2 Å². The van der Waals surface area contributed by atoms with Crippen molar-refractivity contribution < 1.29 is 9.53 Å². The number of amides is 1. The van der Waals surface area contributed by atoms with Gasteiger partial charge in [0.1, 0.15) is 0 Å². The highest BCUT2D eigenvalue weighted by Gasteiger charge is 2.16. The quantitative estimate of drug-likeness (QED) is 0.848. The van der Waals surface area contributed by atoms with Crippen molar-refractivity contribution >= 4 is 33.5 Å². The van der Waals surface area contributed by atoms with Crippen LogP contribution in [0.15, 0.2) is 34.8 Å². The van der Waals surface area contributed by atoms with Crippen LogP contribution in [0.2, 0.25) is 0 Å². The summed E-state index contributed by atoms with van der Waals surface area (Å²) in [6, 6.07) is 9.12. The molecule has 126 valence electrons. The molecule has 1 N–H and O–H groups in total. The predicted octanol–water partition coefficient (Wildman–Crippen LogP) is 3.17. The summed E-state index contributed by atoms with van der Waals surface area (Å²) in [7, 11) is 0. The molecule has 1 aromatic carbocycles. The van der Waals surface area contributed by atoms with E-state index in [2.05, 4.69) is 36.1 Å². The maximum Gasteiger partial charge on any atom is 0.262 e. The summed E-state index contributed by atoms with van der Waals surface area (Å²) >= 11 is 3.36. The van der Waals surface area contributed by atoms with Crippen LogP contribution in [-0.2, 0) is 4.79 Å². The van der Waals surface area contributed by atoms with Gasteiger partial charge in [-0.25, -0.2) is 4.98 Å². The fraction of sp³-hybridized carbons (Fsp3) is 0.353. The maximum atomic E-state index is 12.0. The van der Waals surface area contributed by atoms with E-state index >= 15 is 0 Å². The first-order chi connectivity index (χ1) is 11.6. The van der Waals surface area contributed by atoms with Crippen molar-refractivity contribution in [3.05, 3.63) is 40.5 Å². The Balaban J connectivity index is 1.59. The highest BCUT2D eigenvalue weighted by atomic mass is 79.9. The monoisotopic (exact) mass is 390 g/mol. The number of hydrogen-bond acceptors (Lipinski definition) is 5. The number of ether oxygens (including phenoxy) is 1. The Bertz CT molecular complexity index is 715. The standard InChI is InChI=1S/C17H19BrN4O2/c1-12-10-16(21-17(19-12)22-8-2-3-9-22)24-11-15(23)20-14-6-4-13(18)5-7-14/h4-7,10H,2-3,8-9,11H2,1H3,(H,20,23). The highest BCUT2D eigenvalue weighted by Crippen LogP contribution is 2.20. The van der Waals surface area contributed by atoms with Gasteiger partial charge in [0.15, 0.2) is 6.61 Å². The van der Waals surface area contributed by atoms with Crippen molar-refractivity contribution in [1.82, 2.24) is 9.97 Å². The molecule has 0 bridgehead atoms. The number of benzene rings is 1. The van der Waals surface area contributed by atoms with E-state index in [0.717, 1.165) is 41.8 Å². The molecule has 1 aliphatic heterocycles. The van der Waals surface area contributed by atoms with Crippen LogP contribution >= 0.6 is 15.9 Å². The zero-order valence-electron chi connectivity index (χ0n) is 13.5. The summed E-state index contributed by atoms with van der Waals surface area (Å²) in [5.74, 6) is 0.877. The minimum Gasteiger partial charge on any atom is -0.467 e. The number of aryl methyl sites for hydroxylation is 1. The summed E-state index contributed by atoms with van der Waals surface area (Å²) in [5.41, 5.74) is 1.55. The fourth-order valence-electron chi connectivity index (χ4n) is 2.53. The molecule has 7 heteroatoms. The van der Waals surface area contributed by atoms with Gasteiger partial charge >= 0.3 is 0 Å². The molecular weight excluding hydrogens is 372 g/mol. The molecule has 3 rings (SSSR count). The molecule has 24 heavy (non-hydrogen) atoms. The van der Waals surface area contributed by atoms with E-state index in [1.165, 1.54) is 0 Å². The molecular formula is C17H19BrN4O2. The van der Waals surface area contributed by atoms with Crippen LogP contribution in [0, 0.1) is 6.92 Å². The lowest BCUT2D eigenvalue weighted by Gasteiger charge is -2.16. The van der Waals surface area contributed by atoms with Gasteiger partial charge in [-0.1, -0.05) is 15.9 Å². The van der Waals surface area contributed by atoms with Crippen molar-refractivity contribution in [3.63, 3.8) is 0 Å². The number of aromatic nitrogens is 2. The SMILES string of the molecule is Cc1cc(OCC(=O)Nc2ccc(Br)cc2)nc(N2CCCC2)n1. The van der Waals surface area contributed by atoms with Gasteiger partial charge < -0.3 is 15.0 Å². The number of carbonyl (C=O) groups is 1. The number of hydrogen-bond donors (Lipinski definition) is 1. The second kappa shape index (κ2) is 7.61. The van der Waals surface area contributed by atoms with Crippen LogP contribution in [0.1, 0.15) is 18.5 Å². The molecule has 2 heterocycles. The minimum absolute atomic E-state index is 0.0913. The van der Waals surface area contributed by atoms with E-state index in [0.29, 0.717) is 11.8 Å². The van der Waals surface area contributed by atoms with Crippen molar-refractivity contribution in [2.24, 2.45) is 0 Å². The molecule has 0 aliphatic carbocycles. The Morgan fingerprint density at radius 3 is 2.67 bits per heavy atom. The summed E-state index contributed by atoms with van der Waals surface area (Å²) < 4.78 is 6.51. The highest BCUT2D eigenvalue weighted by molar-refractivity contribution is 9.10. The Morgan fingerprint density at radius 1 is 1.25 bits per heavy atom. The Morgan fingerprint density at radius 2 is 1.96 bits per heavy atom. The second-order valence-electron chi connectivity index (χ2n) is 5.69. The molecule has 0 saturated carbocycles. The normalized spacial score (nSPS) is 13.8. The largest absolute Gasteiger partial charge is 0.467 e. The molecule has 1 aliphatic rings. The maximum absolute atomic E-state index is 12.0. The van der Waals surface area contributed by atoms with Gasteiger partial charge in [-0.05, 0) is 44.0 Å². The second-order valence-corrected chi connectivity index (χ2v) is 6.60. The number of anilines is 2. The Hall–Kier alpha value is -2.15. The van der Waals surface area contributed by atoms with E-state index in [9.17, 15) is 4.79 Å². The lowest BCUT2D eigenvalue weighted by molar-refractivity contribution is -0.118. The van der Waals surface area contributed by atoms with Crippen molar-refractivity contribution in [2.75, 3.05) is 29.9 Å². The van der Waals surface area contributed by atoms with Crippen LogP contribution < -0.4 is 15.0 Å². The summed E-state index contributed by atoms with van der Waals surface area (Å²) in [5, 5.41) is 2.79. The first kappa shape index (κ1) is 16.7. The molecule has 2 aromatic rings. The van der Waals surface area contributed by atoms with Crippen LogP contribution in [0.5, 0.6) is 5.88 Å². The van der Waals surface area contributed by atoms with Gasteiger partial charge in [-0.3, -0.25) is 4.79 Å². The zero-order valence-corrected chi connectivity index (χ0v) is 15.0. The van der Waals surface area contributed by atoms with Crippen molar-refractivity contribution in [3.8, 4) is 5.88 Å². The molecule has 1 amide bonds. The molecule has 1 aromatic heterocycles. The van der Waals surface area contributed by atoms with Gasteiger partial charge in [0.2, 0.25) is 11.8 Å². The van der Waals surface area contributed by atoms with Crippen LogP contribution in [0.3, 0.4) is 0 Å². The molecule has 6 nitrogen and oxygen atoms in total. The number of halogens is 1. The van der Waals surface area contributed by atoms with Gasteiger partial charge in [0.25, 0.3) is 5.91 Å². The van der Waals surface area contributed by atoms with Gasteiger partial charge in [0, 0.05) is 35.0 Å². The molecule has 0 radical (unpaired) electrons. The van der Waals surface area contributed by atoms with E-state index in [4.69, 9.17) is 4.74 Å². The van der Waals surface area contributed by atoms with Crippen LogP contribution in [0.25, 0.3) is 0 Å². The van der Waals surface area contributed by atoms with Gasteiger partial charge in [0.05, 0.1) is 0 Å². The number of rotatable bonds is 5. The summed E-state index contributed by atoms with van der Waals surface area (Å²) in [4.78, 5) is 23.0. The number of nitrogens with zero attached hydrogens (tertiary/aromatic N) is 3. The van der Waals surface area contributed by atoms with Crippen LogP contribution in [-0.4, -0.2) is 35.6 Å².